The van der Waals surface area contributed by atoms with E-state index in [0.717, 1.165) is 10.9 Å². The topological polar surface area (TPSA) is 55.1 Å². The second-order valence-corrected chi connectivity index (χ2v) is 5.89. The fourth-order valence-electron chi connectivity index (χ4n) is 1.62. The van der Waals surface area contributed by atoms with E-state index in [2.05, 4.69) is 17.2 Å². The van der Waals surface area contributed by atoms with Crippen LogP contribution in [-0.4, -0.2) is 12.5 Å². The average molecular weight is 323 g/mol. The van der Waals surface area contributed by atoms with E-state index in [9.17, 15) is 9.18 Å². The highest BCUT2D eigenvalue weighted by Crippen LogP contribution is 2.21. The average Bonchev–Trinajstić information content (AvgIpc) is 2.89. The van der Waals surface area contributed by atoms with Gasteiger partial charge in [-0.25, -0.2) is 4.39 Å². The van der Waals surface area contributed by atoms with Gasteiger partial charge in [-0.1, -0.05) is 23.4 Å². The number of nitrogens with one attached hydrogen (secondary N) is 1. The highest BCUT2D eigenvalue weighted by atomic mass is 35.5. The van der Waals surface area contributed by atoms with Crippen LogP contribution in [0.1, 0.15) is 20.8 Å². The van der Waals surface area contributed by atoms with Gasteiger partial charge in [0.1, 0.15) is 5.82 Å². The number of rotatable bonds is 3. The Balaban J connectivity index is 2.04. The van der Waals surface area contributed by atoms with Gasteiger partial charge in [-0.05, 0) is 30.3 Å². The third-order valence-corrected chi connectivity index (χ3v) is 3.84. The Labute approximate surface area is 130 Å². The van der Waals surface area contributed by atoms with Gasteiger partial charge in [-0.2, -0.15) is 0 Å². The molecule has 0 aliphatic carbocycles. The summed E-state index contributed by atoms with van der Waals surface area (Å²) in [5.74, 6) is 4.28. The minimum Gasteiger partial charge on any atom is -0.347 e. The van der Waals surface area contributed by atoms with Gasteiger partial charge in [0.05, 0.1) is 23.0 Å². The predicted octanol–water partition coefficient (Wildman–Crippen LogP) is 2.78. The third kappa shape index (κ3) is 4.30. The first-order valence-corrected chi connectivity index (χ1v) is 7.30. The van der Waals surface area contributed by atoms with Gasteiger partial charge in [0.15, 0.2) is 0 Å². The lowest BCUT2D eigenvalue weighted by molar-refractivity contribution is 0.0951. The van der Waals surface area contributed by atoms with Crippen LogP contribution in [0.15, 0.2) is 30.3 Å². The molecule has 0 aliphatic rings. The minimum absolute atomic E-state index is 0.158. The van der Waals surface area contributed by atoms with Crippen LogP contribution in [0.2, 0.25) is 4.34 Å². The summed E-state index contributed by atoms with van der Waals surface area (Å²) in [7, 11) is 0. The zero-order chi connectivity index (χ0) is 15.2. The molecule has 1 amide bonds. The van der Waals surface area contributed by atoms with Crippen molar-refractivity contribution in [2.45, 2.75) is 6.54 Å². The number of hydrogen-bond donors (Lipinski definition) is 2. The van der Waals surface area contributed by atoms with E-state index in [1.165, 1.54) is 23.5 Å². The normalized spacial score (nSPS) is 9.86. The number of hydrogen-bond acceptors (Lipinski definition) is 3. The van der Waals surface area contributed by atoms with Gasteiger partial charge >= 0.3 is 0 Å². The van der Waals surface area contributed by atoms with Crippen LogP contribution in [0.3, 0.4) is 0 Å². The Kier molecular flexibility index (Phi) is 5.34. The van der Waals surface area contributed by atoms with Crippen molar-refractivity contribution in [1.29, 1.82) is 0 Å². The van der Waals surface area contributed by atoms with Crippen LogP contribution >= 0.6 is 22.9 Å². The summed E-state index contributed by atoms with van der Waals surface area (Å²) in [5, 5.41) is 2.71. The highest BCUT2D eigenvalue weighted by molar-refractivity contribution is 7.16. The van der Waals surface area contributed by atoms with Crippen molar-refractivity contribution in [2.24, 2.45) is 5.73 Å². The quantitative estimate of drug-likeness (QED) is 0.854. The van der Waals surface area contributed by atoms with Crippen LogP contribution in [0.5, 0.6) is 0 Å². The Morgan fingerprint density at radius 2 is 2.19 bits per heavy atom. The number of halogens is 2. The zero-order valence-corrected chi connectivity index (χ0v) is 12.5. The molecule has 3 nitrogen and oxygen atoms in total. The molecule has 108 valence electrons. The molecule has 0 bridgehead atoms. The molecule has 21 heavy (non-hydrogen) atoms. The maximum atomic E-state index is 13.8. The molecule has 2 rings (SSSR count). The Morgan fingerprint density at radius 1 is 1.38 bits per heavy atom. The summed E-state index contributed by atoms with van der Waals surface area (Å²) >= 11 is 7.19. The fraction of sp³-hybridized carbons (Fsp3) is 0.133. The molecule has 1 aromatic carbocycles. The van der Waals surface area contributed by atoms with Crippen molar-refractivity contribution in [3.63, 3.8) is 0 Å². The molecule has 0 radical (unpaired) electrons. The standard InChI is InChI=1S/C15H12ClFN2OS/c16-14-6-5-12(21-14)9-19-15(20)11-4-3-10(2-1-7-18)13(17)8-11/h3-6,8H,7,9,18H2,(H,19,20). The molecule has 0 saturated carbocycles. The fourth-order valence-corrected chi connectivity index (χ4v) is 2.65. The van der Waals surface area contributed by atoms with Crippen molar-refractivity contribution in [3.05, 3.63) is 56.5 Å². The number of thiophene rings is 1. The highest BCUT2D eigenvalue weighted by Gasteiger charge is 2.09. The number of carbonyl (C=O) groups is 1. The first-order chi connectivity index (χ1) is 10.1. The number of benzene rings is 1. The van der Waals surface area contributed by atoms with Gasteiger partial charge in [0, 0.05) is 10.4 Å². The lowest BCUT2D eigenvalue weighted by Gasteiger charge is -2.04. The molecule has 0 saturated heterocycles. The van der Waals surface area contributed by atoms with Crippen LogP contribution < -0.4 is 11.1 Å². The maximum Gasteiger partial charge on any atom is 0.251 e. The molecule has 2 aromatic rings. The van der Waals surface area contributed by atoms with Crippen LogP contribution in [-0.2, 0) is 6.54 Å². The van der Waals surface area contributed by atoms with Gasteiger partial charge in [0.25, 0.3) is 5.91 Å². The van der Waals surface area contributed by atoms with Gasteiger partial charge in [0.2, 0.25) is 0 Å². The van der Waals surface area contributed by atoms with Crippen molar-refractivity contribution in [1.82, 2.24) is 5.32 Å². The summed E-state index contributed by atoms with van der Waals surface area (Å²) in [6.45, 7) is 0.512. The van der Waals surface area contributed by atoms with E-state index in [0.29, 0.717) is 10.9 Å². The third-order valence-electron chi connectivity index (χ3n) is 2.61. The molecule has 6 heteroatoms. The summed E-state index contributed by atoms with van der Waals surface area (Å²) in [5.41, 5.74) is 5.70. The second-order valence-electron chi connectivity index (χ2n) is 4.09. The first-order valence-electron chi connectivity index (χ1n) is 6.11. The monoisotopic (exact) mass is 322 g/mol. The molecule has 1 aromatic heterocycles. The Bertz CT molecular complexity index is 718. The summed E-state index contributed by atoms with van der Waals surface area (Å²) in [6, 6.07) is 7.75. The molecule has 3 N–H and O–H groups in total. The van der Waals surface area contributed by atoms with Crippen LogP contribution in [0, 0.1) is 17.7 Å². The van der Waals surface area contributed by atoms with E-state index < -0.39 is 5.82 Å². The Hall–Kier alpha value is -1.87. The molecule has 0 atom stereocenters. The maximum absolute atomic E-state index is 13.8. The van der Waals surface area contributed by atoms with E-state index in [1.807, 2.05) is 6.07 Å². The number of nitrogens with two attached hydrogens (primary N) is 1. The minimum atomic E-state index is -0.539. The molecule has 0 unspecified atom stereocenters. The van der Waals surface area contributed by atoms with E-state index in [1.54, 1.807) is 6.07 Å². The number of amides is 1. The largest absolute Gasteiger partial charge is 0.347 e. The SMILES string of the molecule is NCC#Cc1ccc(C(=O)NCc2ccc(Cl)s2)cc1F. The van der Waals surface area contributed by atoms with E-state index >= 15 is 0 Å². The van der Waals surface area contributed by atoms with E-state index in [-0.39, 0.29) is 23.6 Å². The lowest BCUT2D eigenvalue weighted by atomic mass is 10.1. The summed E-state index contributed by atoms with van der Waals surface area (Å²) < 4.78 is 14.4. The zero-order valence-electron chi connectivity index (χ0n) is 11.0. The lowest BCUT2D eigenvalue weighted by Crippen LogP contribution is -2.22. The number of carbonyl (C=O) groups excluding carboxylic acids is 1. The predicted molar refractivity (Wildman–Crippen MR) is 82.8 cm³/mol. The van der Waals surface area contributed by atoms with Gasteiger partial charge in [-0.15, -0.1) is 11.3 Å². The first kappa shape index (κ1) is 15.5. The van der Waals surface area contributed by atoms with Crippen molar-refractivity contribution in [3.8, 4) is 11.8 Å². The molecular weight excluding hydrogens is 311 g/mol. The van der Waals surface area contributed by atoms with Crippen LogP contribution in [0.25, 0.3) is 0 Å². The van der Waals surface area contributed by atoms with Crippen LogP contribution in [0.4, 0.5) is 4.39 Å². The van der Waals surface area contributed by atoms with E-state index in [4.69, 9.17) is 17.3 Å². The molecule has 0 aliphatic heterocycles. The Morgan fingerprint density at radius 3 is 2.81 bits per heavy atom. The summed E-state index contributed by atoms with van der Waals surface area (Å²) in [6.07, 6.45) is 0. The molecule has 0 fully saturated rings. The molecular formula is C15H12ClFN2OS. The second kappa shape index (κ2) is 7.23. The smallest absolute Gasteiger partial charge is 0.251 e. The van der Waals surface area contributed by atoms with Gasteiger partial charge < -0.3 is 11.1 Å². The summed E-state index contributed by atoms with van der Waals surface area (Å²) in [4.78, 5) is 12.9. The van der Waals surface area contributed by atoms with Gasteiger partial charge in [-0.3, -0.25) is 4.79 Å². The molecule has 1 heterocycles. The van der Waals surface area contributed by atoms with Crippen molar-refractivity contribution < 1.29 is 9.18 Å². The van der Waals surface area contributed by atoms with Crippen molar-refractivity contribution >= 4 is 28.8 Å². The molecule has 0 spiro atoms. The van der Waals surface area contributed by atoms with Crippen molar-refractivity contribution in [2.75, 3.05) is 6.54 Å².